The van der Waals surface area contributed by atoms with Crippen LogP contribution in [0, 0.1) is 6.92 Å². The van der Waals surface area contributed by atoms with E-state index in [2.05, 4.69) is 31.9 Å². The van der Waals surface area contributed by atoms with Crippen molar-refractivity contribution in [1.29, 1.82) is 0 Å². The van der Waals surface area contributed by atoms with E-state index < -0.39 is 16.6 Å². The van der Waals surface area contributed by atoms with Crippen LogP contribution in [0.4, 0.5) is 13.2 Å². The molecule has 0 fully saturated rings. The Kier molecular flexibility index (Phi) is 4.59. The van der Waals surface area contributed by atoms with Crippen molar-refractivity contribution in [3.8, 4) is 0 Å². The molecule has 0 bridgehead atoms. The second-order valence-corrected chi connectivity index (χ2v) is 6.33. The predicted molar refractivity (Wildman–Crippen MR) is 81.1 cm³/mol. The largest absolute Gasteiger partial charge is 0.416 e. The van der Waals surface area contributed by atoms with E-state index in [1.807, 2.05) is 31.2 Å². The molecule has 2 rings (SSSR count). The van der Waals surface area contributed by atoms with Crippen LogP contribution < -0.4 is 0 Å². The van der Waals surface area contributed by atoms with E-state index >= 15 is 0 Å². The molecule has 0 heterocycles. The lowest BCUT2D eigenvalue weighted by atomic mass is 9.98. The van der Waals surface area contributed by atoms with E-state index in [0.29, 0.717) is 4.47 Å². The number of halogens is 5. The topological polar surface area (TPSA) is 0 Å². The monoisotopic (exact) mass is 406 g/mol. The maximum atomic E-state index is 13.1. The molecule has 0 saturated carbocycles. The van der Waals surface area contributed by atoms with Gasteiger partial charge in [0.05, 0.1) is 10.4 Å². The molecule has 0 aliphatic rings. The van der Waals surface area contributed by atoms with Gasteiger partial charge in [-0.05, 0) is 30.2 Å². The van der Waals surface area contributed by atoms with Crippen LogP contribution in [0.2, 0.25) is 0 Å². The van der Waals surface area contributed by atoms with Crippen molar-refractivity contribution in [2.24, 2.45) is 0 Å². The summed E-state index contributed by atoms with van der Waals surface area (Å²) in [6.45, 7) is 1.94. The average molecular weight is 408 g/mol. The highest BCUT2D eigenvalue weighted by Gasteiger charge is 2.35. The van der Waals surface area contributed by atoms with Crippen molar-refractivity contribution in [3.05, 3.63) is 69.2 Å². The number of hydrogen-bond donors (Lipinski definition) is 0. The van der Waals surface area contributed by atoms with E-state index in [0.717, 1.165) is 17.2 Å². The lowest BCUT2D eigenvalue weighted by Crippen LogP contribution is -2.10. The van der Waals surface area contributed by atoms with Crippen molar-refractivity contribution in [2.45, 2.75) is 17.9 Å². The van der Waals surface area contributed by atoms with Crippen molar-refractivity contribution < 1.29 is 13.2 Å². The van der Waals surface area contributed by atoms with Crippen molar-refractivity contribution in [1.82, 2.24) is 0 Å². The third-order valence-electron chi connectivity index (χ3n) is 2.96. The number of alkyl halides is 4. The van der Waals surface area contributed by atoms with Gasteiger partial charge in [0.25, 0.3) is 0 Å². The van der Waals surface area contributed by atoms with Gasteiger partial charge in [0.15, 0.2) is 0 Å². The second kappa shape index (κ2) is 5.90. The van der Waals surface area contributed by atoms with E-state index in [-0.39, 0.29) is 5.56 Å². The molecule has 0 nitrogen and oxygen atoms in total. The van der Waals surface area contributed by atoms with Gasteiger partial charge < -0.3 is 0 Å². The molecule has 2 aromatic rings. The molecule has 0 aromatic heterocycles. The summed E-state index contributed by atoms with van der Waals surface area (Å²) in [5, 5.41) is 0. The first-order valence-electron chi connectivity index (χ1n) is 5.86. The van der Waals surface area contributed by atoms with Gasteiger partial charge in [0, 0.05) is 4.47 Å². The van der Waals surface area contributed by atoms with Gasteiger partial charge in [-0.3, -0.25) is 0 Å². The van der Waals surface area contributed by atoms with Gasteiger partial charge in [-0.25, -0.2) is 0 Å². The van der Waals surface area contributed by atoms with Crippen LogP contribution in [0.5, 0.6) is 0 Å². The molecule has 0 aliphatic heterocycles. The first-order chi connectivity index (χ1) is 9.29. The van der Waals surface area contributed by atoms with E-state index in [4.69, 9.17) is 0 Å². The fourth-order valence-corrected chi connectivity index (χ4v) is 2.98. The van der Waals surface area contributed by atoms with Gasteiger partial charge in [-0.2, -0.15) is 13.2 Å². The van der Waals surface area contributed by atoms with Gasteiger partial charge in [0.1, 0.15) is 0 Å². The Hall–Kier alpha value is -0.810. The second-order valence-electron chi connectivity index (χ2n) is 4.50. The van der Waals surface area contributed by atoms with Crippen LogP contribution in [-0.2, 0) is 6.18 Å². The van der Waals surface area contributed by atoms with Crippen LogP contribution in [0.3, 0.4) is 0 Å². The summed E-state index contributed by atoms with van der Waals surface area (Å²) >= 11 is 6.46. The Bertz CT molecular complexity index is 604. The minimum absolute atomic E-state index is 0.213. The Labute approximate surface area is 132 Å². The Morgan fingerprint density at radius 2 is 1.60 bits per heavy atom. The summed E-state index contributed by atoms with van der Waals surface area (Å²) in [6, 6.07) is 11.6. The summed E-state index contributed by atoms with van der Waals surface area (Å²) in [5.74, 6) is 0. The molecule has 0 radical (unpaired) electrons. The fraction of sp³-hybridized carbons (Fsp3) is 0.200. The molecule has 5 heteroatoms. The van der Waals surface area contributed by atoms with Crippen LogP contribution >= 0.6 is 31.9 Å². The van der Waals surface area contributed by atoms with Crippen molar-refractivity contribution >= 4 is 31.9 Å². The SMILES string of the molecule is Cc1ccc(C(Br)c2ccc(Br)cc2C(F)(F)F)cc1. The first-order valence-corrected chi connectivity index (χ1v) is 7.57. The summed E-state index contributed by atoms with van der Waals surface area (Å²) in [5.41, 5.74) is 1.45. The van der Waals surface area contributed by atoms with Crippen molar-refractivity contribution in [2.75, 3.05) is 0 Å². The van der Waals surface area contributed by atoms with Crippen LogP contribution in [0.25, 0.3) is 0 Å². The molecule has 0 amide bonds. The number of rotatable bonds is 2. The summed E-state index contributed by atoms with van der Waals surface area (Å²) in [4.78, 5) is -0.493. The highest BCUT2D eigenvalue weighted by molar-refractivity contribution is 9.10. The van der Waals surface area contributed by atoms with E-state index in [9.17, 15) is 13.2 Å². The predicted octanol–water partition coefficient (Wildman–Crippen LogP) is 6.26. The van der Waals surface area contributed by atoms with Gasteiger partial charge in [-0.1, -0.05) is 67.8 Å². The number of aryl methyl sites for hydroxylation is 1. The van der Waals surface area contributed by atoms with Gasteiger partial charge >= 0.3 is 6.18 Å². The smallest absolute Gasteiger partial charge is 0.166 e. The molecule has 2 aromatic carbocycles. The van der Waals surface area contributed by atoms with Crippen LogP contribution in [-0.4, -0.2) is 0 Å². The highest BCUT2D eigenvalue weighted by atomic mass is 79.9. The van der Waals surface area contributed by atoms with Gasteiger partial charge in [0.2, 0.25) is 0 Å². The Balaban J connectivity index is 2.49. The third kappa shape index (κ3) is 3.44. The molecular formula is C15H11Br2F3. The molecule has 20 heavy (non-hydrogen) atoms. The lowest BCUT2D eigenvalue weighted by molar-refractivity contribution is -0.138. The normalized spacial score (nSPS) is 13.3. The van der Waals surface area contributed by atoms with Crippen molar-refractivity contribution in [3.63, 3.8) is 0 Å². The Morgan fingerprint density at radius 3 is 2.15 bits per heavy atom. The zero-order valence-corrected chi connectivity index (χ0v) is 13.7. The summed E-state index contributed by atoms with van der Waals surface area (Å²) in [6.07, 6.45) is -4.38. The minimum Gasteiger partial charge on any atom is -0.166 e. The average Bonchev–Trinajstić information content (AvgIpc) is 2.38. The number of benzene rings is 2. The Morgan fingerprint density at radius 1 is 1.00 bits per heavy atom. The zero-order chi connectivity index (χ0) is 14.9. The molecular weight excluding hydrogens is 397 g/mol. The van der Waals surface area contributed by atoms with E-state index in [1.54, 1.807) is 6.07 Å². The number of hydrogen-bond acceptors (Lipinski definition) is 0. The minimum atomic E-state index is -4.38. The third-order valence-corrected chi connectivity index (χ3v) is 4.48. The molecule has 0 N–H and O–H groups in total. The molecule has 1 unspecified atom stereocenters. The van der Waals surface area contributed by atoms with E-state index in [1.165, 1.54) is 6.07 Å². The molecule has 106 valence electrons. The maximum absolute atomic E-state index is 13.1. The molecule has 0 saturated heterocycles. The van der Waals surface area contributed by atoms with Crippen LogP contribution in [0.1, 0.15) is 27.1 Å². The fourth-order valence-electron chi connectivity index (χ4n) is 1.91. The highest BCUT2D eigenvalue weighted by Crippen LogP contribution is 2.41. The van der Waals surface area contributed by atoms with Crippen LogP contribution in [0.15, 0.2) is 46.9 Å². The molecule has 0 spiro atoms. The summed E-state index contributed by atoms with van der Waals surface area (Å²) < 4.78 is 39.8. The molecule has 1 atom stereocenters. The maximum Gasteiger partial charge on any atom is 0.416 e. The van der Waals surface area contributed by atoms with Gasteiger partial charge in [-0.15, -0.1) is 0 Å². The molecule has 0 aliphatic carbocycles. The zero-order valence-electron chi connectivity index (χ0n) is 10.5. The first kappa shape index (κ1) is 15.6. The lowest BCUT2D eigenvalue weighted by Gasteiger charge is -2.18. The summed E-state index contributed by atoms with van der Waals surface area (Å²) in [7, 11) is 0. The standard InChI is InChI=1S/C15H11Br2F3/c1-9-2-4-10(5-3-9)14(17)12-7-6-11(16)8-13(12)15(18,19)20/h2-8,14H,1H3. The quantitative estimate of drug-likeness (QED) is 0.515.